The zero-order valence-electron chi connectivity index (χ0n) is 8.44. The summed E-state index contributed by atoms with van der Waals surface area (Å²) in [6.45, 7) is 0. The Morgan fingerprint density at radius 1 is 1.43 bits per heavy atom. The van der Waals surface area contributed by atoms with Crippen molar-refractivity contribution in [3.05, 3.63) is 34.7 Å². The second-order valence-electron chi connectivity index (χ2n) is 3.84. The van der Waals surface area contributed by atoms with Gasteiger partial charge in [0, 0.05) is 18.3 Å². The summed E-state index contributed by atoms with van der Waals surface area (Å²) >= 11 is 0. The molecule has 0 radical (unpaired) electrons. The number of pyridine rings is 1. The van der Waals surface area contributed by atoms with Crippen molar-refractivity contribution < 1.29 is 0 Å². The van der Waals surface area contributed by atoms with E-state index >= 15 is 0 Å². The molecular formula is C11H16N2O. The lowest BCUT2D eigenvalue weighted by atomic mass is 10.1. The van der Waals surface area contributed by atoms with E-state index in [0.29, 0.717) is 12.1 Å². The fourth-order valence-corrected chi connectivity index (χ4v) is 2.32. The lowest BCUT2D eigenvalue weighted by Gasteiger charge is -2.21. The first-order valence-electron chi connectivity index (χ1n) is 5.17. The molecule has 3 nitrogen and oxygen atoms in total. The van der Waals surface area contributed by atoms with E-state index in [1.165, 1.54) is 12.8 Å². The molecular weight excluding hydrogens is 176 g/mol. The van der Waals surface area contributed by atoms with Gasteiger partial charge in [-0.2, -0.15) is 0 Å². The molecule has 3 heteroatoms. The molecule has 1 aromatic heterocycles. The predicted octanol–water partition coefficient (Wildman–Crippen LogP) is 1.16. The van der Waals surface area contributed by atoms with Crippen molar-refractivity contribution in [3.8, 4) is 0 Å². The maximum absolute atomic E-state index is 11.6. The number of aromatic nitrogens is 1. The second kappa shape index (κ2) is 3.96. The number of nitrogens with one attached hydrogen (secondary N) is 1. The standard InChI is InChI=1S/C11H16N2O/c1-12-9-5-4-6-10(9)13-8-3-2-7-11(13)14/h2-3,7-10,12H,4-6H2,1H3. The molecule has 0 bridgehead atoms. The minimum absolute atomic E-state index is 0.111. The molecule has 1 N–H and O–H groups in total. The quantitative estimate of drug-likeness (QED) is 0.763. The highest BCUT2D eigenvalue weighted by Crippen LogP contribution is 2.28. The molecule has 14 heavy (non-hydrogen) atoms. The van der Waals surface area contributed by atoms with Gasteiger partial charge in [-0.15, -0.1) is 0 Å². The summed E-state index contributed by atoms with van der Waals surface area (Å²) in [5.74, 6) is 0. The number of hydrogen-bond acceptors (Lipinski definition) is 2. The average molecular weight is 192 g/mol. The SMILES string of the molecule is CNC1CCCC1n1ccccc1=O. The number of likely N-dealkylation sites (N-methyl/N-ethyl adjacent to an activating group) is 1. The smallest absolute Gasteiger partial charge is 0.250 e. The van der Waals surface area contributed by atoms with Crippen LogP contribution in [0, 0.1) is 0 Å². The van der Waals surface area contributed by atoms with E-state index in [-0.39, 0.29) is 5.56 Å². The van der Waals surface area contributed by atoms with Crippen molar-refractivity contribution in [2.75, 3.05) is 7.05 Å². The maximum Gasteiger partial charge on any atom is 0.250 e. The second-order valence-corrected chi connectivity index (χ2v) is 3.84. The van der Waals surface area contributed by atoms with Gasteiger partial charge in [0.2, 0.25) is 0 Å². The van der Waals surface area contributed by atoms with Gasteiger partial charge in [-0.3, -0.25) is 4.79 Å². The van der Waals surface area contributed by atoms with Gasteiger partial charge in [0.25, 0.3) is 5.56 Å². The molecule has 0 aromatic carbocycles. The van der Waals surface area contributed by atoms with Crippen molar-refractivity contribution in [3.63, 3.8) is 0 Å². The molecule has 2 rings (SSSR count). The summed E-state index contributed by atoms with van der Waals surface area (Å²) in [4.78, 5) is 11.6. The molecule has 1 aliphatic rings. The van der Waals surface area contributed by atoms with E-state index in [1.54, 1.807) is 12.1 Å². The molecule has 0 spiro atoms. The van der Waals surface area contributed by atoms with E-state index in [1.807, 2.05) is 23.9 Å². The van der Waals surface area contributed by atoms with E-state index in [9.17, 15) is 4.79 Å². The summed E-state index contributed by atoms with van der Waals surface area (Å²) in [7, 11) is 1.97. The largest absolute Gasteiger partial charge is 0.315 e. The Kier molecular flexibility index (Phi) is 2.68. The van der Waals surface area contributed by atoms with Crippen molar-refractivity contribution in [1.82, 2.24) is 9.88 Å². The van der Waals surface area contributed by atoms with Crippen molar-refractivity contribution in [2.24, 2.45) is 0 Å². The fraction of sp³-hybridized carbons (Fsp3) is 0.545. The van der Waals surface area contributed by atoms with E-state index in [4.69, 9.17) is 0 Å². The van der Waals surface area contributed by atoms with Gasteiger partial charge in [0.15, 0.2) is 0 Å². The molecule has 2 unspecified atom stereocenters. The minimum Gasteiger partial charge on any atom is -0.315 e. The maximum atomic E-state index is 11.6. The molecule has 2 atom stereocenters. The summed E-state index contributed by atoms with van der Waals surface area (Å²) in [5, 5.41) is 3.28. The molecule has 76 valence electrons. The summed E-state index contributed by atoms with van der Waals surface area (Å²) < 4.78 is 1.86. The van der Waals surface area contributed by atoms with Crippen LogP contribution >= 0.6 is 0 Å². The minimum atomic E-state index is 0.111. The third kappa shape index (κ3) is 1.60. The van der Waals surface area contributed by atoms with Crippen LogP contribution in [0.5, 0.6) is 0 Å². The molecule has 1 fully saturated rings. The molecule has 1 heterocycles. The third-order valence-corrected chi connectivity index (χ3v) is 3.06. The number of hydrogen-bond donors (Lipinski definition) is 1. The van der Waals surface area contributed by atoms with Gasteiger partial charge in [-0.1, -0.05) is 6.07 Å². The summed E-state index contributed by atoms with van der Waals surface area (Å²) in [6, 6.07) is 6.14. The van der Waals surface area contributed by atoms with Gasteiger partial charge < -0.3 is 9.88 Å². The zero-order chi connectivity index (χ0) is 9.97. The summed E-state index contributed by atoms with van der Waals surface area (Å²) in [6.07, 6.45) is 5.37. The van der Waals surface area contributed by atoms with Crippen LogP contribution < -0.4 is 10.9 Å². The topological polar surface area (TPSA) is 34.0 Å². The lowest BCUT2D eigenvalue weighted by Crippen LogP contribution is -2.35. The van der Waals surface area contributed by atoms with E-state index < -0.39 is 0 Å². The Balaban J connectivity index is 2.30. The van der Waals surface area contributed by atoms with Crippen LogP contribution in [0.2, 0.25) is 0 Å². The number of rotatable bonds is 2. The Bertz CT molecular complexity index is 358. The van der Waals surface area contributed by atoms with Crippen LogP contribution in [0.1, 0.15) is 25.3 Å². The van der Waals surface area contributed by atoms with Gasteiger partial charge in [0.05, 0.1) is 6.04 Å². The Labute approximate surface area is 83.8 Å². The average Bonchev–Trinajstić information content (AvgIpc) is 2.66. The molecule has 1 aromatic rings. The van der Waals surface area contributed by atoms with Crippen molar-refractivity contribution in [2.45, 2.75) is 31.3 Å². The highest BCUT2D eigenvalue weighted by Gasteiger charge is 2.27. The van der Waals surface area contributed by atoms with Crippen molar-refractivity contribution in [1.29, 1.82) is 0 Å². The highest BCUT2D eigenvalue weighted by atomic mass is 16.1. The molecule has 1 aliphatic carbocycles. The van der Waals surface area contributed by atoms with Crippen LogP contribution in [-0.4, -0.2) is 17.7 Å². The number of nitrogens with zero attached hydrogens (tertiary/aromatic N) is 1. The third-order valence-electron chi connectivity index (χ3n) is 3.06. The van der Waals surface area contributed by atoms with Crippen LogP contribution in [0.25, 0.3) is 0 Å². The molecule has 0 aliphatic heterocycles. The first-order valence-corrected chi connectivity index (χ1v) is 5.17. The molecule has 0 saturated heterocycles. The zero-order valence-corrected chi connectivity index (χ0v) is 8.44. The highest BCUT2D eigenvalue weighted by molar-refractivity contribution is 4.98. The fourth-order valence-electron chi connectivity index (χ4n) is 2.32. The normalized spacial score (nSPS) is 26.6. The van der Waals surface area contributed by atoms with Crippen molar-refractivity contribution >= 4 is 0 Å². The Hall–Kier alpha value is -1.09. The van der Waals surface area contributed by atoms with Gasteiger partial charge in [-0.25, -0.2) is 0 Å². The van der Waals surface area contributed by atoms with Crippen LogP contribution in [-0.2, 0) is 0 Å². The first kappa shape index (κ1) is 9.46. The van der Waals surface area contributed by atoms with E-state index in [2.05, 4.69) is 5.32 Å². The first-order chi connectivity index (χ1) is 6.83. The van der Waals surface area contributed by atoms with Gasteiger partial charge >= 0.3 is 0 Å². The predicted molar refractivity (Wildman–Crippen MR) is 56.4 cm³/mol. The molecule has 0 amide bonds. The van der Waals surface area contributed by atoms with Crippen LogP contribution in [0.4, 0.5) is 0 Å². The lowest BCUT2D eigenvalue weighted by molar-refractivity contribution is 0.405. The molecule has 1 saturated carbocycles. The monoisotopic (exact) mass is 192 g/mol. The Morgan fingerprint density at radius 2 is 2.29 bits per heavy atom. The summed E-state index contributed by atoms with van der Waals surface area (Å²) in [5.41, 5.74) is 0.111. The van der Waals surface area contributed by atoms with Crippen LogP contribution in [0.15, 0.2) is 29.2 Å². The van der Waals surface area contributed by atoms with Gasteiger partial charge in [-0.05, 0) is 32.4 Å². The van der Waals surface area contributed by atoms with E-state index in [0.717, 1.165) is 6.42 Å². The van der Waals surface area contributed by atoms with Crippen LogP contribution in [0.3, 0.4) is 0 Å². The van der Waals surface area contributed by atoms with Gasteiger partial charge in [0.1, 0.15) is 0 Å². The Morgan fingerprint density at radius 3 is 3.00 bits per heavy atom.